The van der Waals surface area contributed by atoms with Crippen molar-refractivity contribution in [2.45, 2.75) is 26.0 Å². The Morgan fingerprint density at radius 2 is 2.50 bits per heavy atom. The molecule has 0 aliphatic heterocycles. The zero-order valence-electron chi connectivity index (χ0n) is 4.78. The van der Waals surface area contributed by atoms with Crippen LogP contribution in [0, 0.1) is 0 Å². The fourth-order valence-electron chi connectivity index (χ4n) is 0.376. The molecule has 8 heavy (non-hydrogen) atoms. The molecule has 0 spiro atoms. The van der Waals surface area contributed by atoms with E-state index >= 15 is 0 Å². The Labute approximate surface area is 47.8 Å². The van der Waals surface area contributed by atoms with Crippen LogP contribution in [0.5, 0.6) is 0 Å². The Bertz CT molecular complexity index is 97.5. The second-order valence-corrected chi connectivity index (χ2v) is 1.47. The van der Waals surface area contributed by atoms with E-state index in [1.807, 2.05) is 6.92 Å². The molecule has 0 amide bonds. The van der Waals surface area contributed by atoms with E-state index in [1.54, 1.807) is 0 Å². The van der Waals surface area contributed by atoms with Crippen molar-refractivity contribution in [2.24, 2.45) is 5.11 Å². The van der Waals surface area contributed by atoms with Gasteiger partial charge in [-0.25, -0.2) is 0 Å². The molecule has 0 saturated heterocycles. The summed E-state index contributed by atoms with van der Waals surface area (Å²) in [5.74, 6) is 0. The van der Waals surface area contributed by atoms with Crippen LogP contribution in [0.2, 0.25) is 0 Å². The van der Waals surface area contributed by atoms with E-state index in [4.69, 9.17) is 10.6 Å². The molecule has 0 aliphatic carbocycles. The minimum atomic E-state index is -0.829. The predicted molar refractivity (Wildman–Crippen MR) is 30.1 cm³/mol. The molecule has 0 aliphatic rings. The van der Waals surface area contributed by atoms with Gasteiger partial charge in [0, 0.05) is 4.91 Å². The number of nitrogens with zero attached hydrogens (tertiary/aromatic N) is 3. The van der Waals surface area contributed by atoms with Gasteiger partial charge in [0.25, 0.3) is 0 Å². The molecule has 1 unspecified atom stereocenters. The highest BCUT2D eigenvalue weighted by Crippen LogP contribution is 1.95. The zero-order valence-corrected chi connectivity index (χ0v) is 4.78. The van der Waals surface area contributed by atoms with Gasteiger partial charge in [0.1, 0.15) is 6.23 Å². The third-order valence-corrected chi connectivity index (χ3v) is 0.732. The first-order chi connectivity index (χ1) is 3.81. The maximum atomic E-state index is 8.63. The monoisotopic (exact) mass is 115 g/mol. The lowest BCUT2D eigenvalue weighted by atomic mass is 10.3. The van der Waals surface area contributed by atoms with Gasteiger partial charge >= 0.3 is 0 Å². The standard InChI is InChI=1S/C4H9N3O/c1-2-3-4(8)6-7-5/h4,8H,2-3H2,1H3. The topological polar surface area (TPSA) is 69.0 Å². The van der Waals surface area contributed by atoms with Gasteiger partial charge in [-0.15, -0.1) is 0 Å². The summed E-state index contributed by atoms with van der Waals surface area (Å²) >= 11 is 0. The maximum absolute atomic E-state index is 8.63. The summed E-state index contributed by atoms with van der Waals surface area (Å²) in [7, 11) is 0. The minimum absolute atomic E-state index is 0.546. The molecular weight excluding hydrogens is 106 g/mol. The Kier molecular flexibility index (Phi) is 4.03. The molecule has 0 fully saturated rings. The molecule has 0 aromatic rings. The van der Waals surface area contributed by atoms with Gasteiger partial charge in [-0.05, 0) is 12.0 Å². The number of hydrogen-bond acceptors (Lipinski definition) is 2. The van der Waals surface area contributed by atoms with Crippen LogP contribution in [0.25, 0.3) is 10.4 Å². The van der Waals surface area contributed by atoms with Gasteiger partial charge in [0.15, 0.2) is 0 Å². The van der Waals surface area contributed by atoms with E-state index < -0.39 is 6.23 Å². The van der Waals surface area contributed by atoms with Crippen LogP contribution >= 0.6 is 0 Å². The van der Waals surface area contributed by atoms with Crippen molar-refractivity contribution in [2.75, 3.05) is 0 Å². The molecule has 0 aromatic carbocycles. The van der Waals surface area contributed by atoms with Crippen molar-refractivity contribution in [3.8, 4) is 0 Å². The van der Waals surface area contributed by atoms with Gasteiger partial charge in [0.05, 0.1) is 0 Å². The first-order valence-electron chi connectivity index (χ1n) is 2.53. The quantitative estimate of drug-likeness (QED) is 0.337. The second kappa shape index (κ2) is 4.43. The average Bonchev–Trinajstić information content (AvgIpc) is 1.68. The van der Waals surface area contributed by atoms with Gasteiger partial charge in [-0.1, -0.05) is 18.5 Å². The number of hydrogen-bond donors (Lipinski definition) is 1. The van der Waals surface area contributed by atoms with E-state index in [0.717, 1.165) is 6.42 Å². The summed E-state index contributed by atoms with van der Waals surface area (Å²) in [5, 5.41) is 11.7. The van der Waals surface area contributed by atoms with Crippen molar-refractivity contribution < 1.29 is 5.11 Å². The van der Waals surface area contributed by atoms with E-state index in [9.17, 15) is 0 Å². The number of aliphatic hydroxyl groups is 1. The van der Waals surface area contributed by atoms with Gasteiger partial charge in [0.2, 0.25) is 0 Å². The Morgan fingerprint density at radius 1 is 1.88 bits per heavy atom. The van der Waals surface area contributed by atoms with Crippen LogP contribution in [0.3, 0.4) is 0 Å². The molecule has 1 atom stereocenters. The Balaban J connectivity index is 3.31. The van der Waals surface area contributed by atoms with Gasteiger partial charge in [-0.3, -0.25) is 0 Å². The molecule has 0 rings (SSSR count). The molecule has 46 valence electrons. The van der Waals surface area contributed by atoms with Crippen LogP contribution in [0.1, 0.15) is 19.8 Å². The largest absolute Gasteiger partial charge is 0.387 e. The SMILES string of the molecule is CCCC(O)N=[N+]=[N-]. The summed E-state index contributed by atoms with van der Waals surface area (Å²) in [4.78, 5) is 2.43. The van der Waals surface area contributed by atoms with Crippen molar-refractivity contribution in [3.63, 3.8) is 0 Å². The van der Waals surface area contributed by atoms with E-state index in [1.165, 1.54) is 0 Å². The first kappa shape index (κ1) is 7.27. The minimum Gasteiger partial charge on any atom is -0.387 e. The van der Waals surface area contributed by atoms with E-state index in [-0.39, 0.29) is 0 Å². The smallest absolute Gasteiger partial charge is 0.133 e. The third-order valence-electron chi connectivity index (χ3n) is 0.732. The lowest BCUT2D eigenvalue weighted by Crippen LogP contribution is -1.98. The second-order valence-electron chi connectivity index (χ2n) is 1.47. The van der Waals surface area contributed by atoms with E-state index in [0.29, 0.717) is 6.42 Å². The summed E-state index contributed by atoms with van der Waals surface area (Å²) in [6.45, 7) is 1.91. The fraction of sp³-hybridized carbons (Fsp3) is 1.00. The molecular formula is C4H9N3O. The van der Waals surface area contributed by atoms with Gasteiger partial charge in [-0.2, -0.15) is 0 Å². The maximum Gasteiger partial charge on any atom is 0.133 e. The molecule has 0 aromatic heterocycles. The zero-order chi connectivity index (χ0) is 6.41. The predicted octanol–water partition coefficient (Wildman–Crippen LogP) is 1.42. The van der Waals surface area contributed by atoms with Crippen LogP contribution < -0.4 is 0 Å². The fourth-order valence-corrected chi connectivity index (χ4v) is 0.376. The van der Waals surface area contributed by atoms with Crippen molar-refractivity contribution in [1.29, 1.82) is 0 Å². The Hall–Kier alpha value is -0.730. The van der Waals surface area contributed by atoms with Crippen LogP contribution in [0.4, 0.5) is 0 Å². The molecule has 0 radical (unpaired) electrons. The van der Waals surface area contributed by atoms with Crippen LogP contribution in [-0.2, 0) is 0 Å². The van der Waals surface area contributed by atoms with E-state index in [2.05, 4.69) is 10.0 Å². The normalized spacial score (nSPS) is 12.2. The number of rotatable bonds is 3. The van der Waals surface area contributed by atoms with Gasteiger partial charge < -0.3 is 5.11 Å². The highest BCUT2D eigenvalue weighted by molar-refractivity contribution is 4.50. The molecule has 0 saturated carbocycles. The lowest BCUT2D eigenvalue weighted by Gasteiger charge is -1.96. The highest BCUT2D eigenvalue weighted by atomic mass is 16.3. The Morgan fingerprint density at radius 3 is 2.88 bits per heavy atom. The average molecular weight is 115 g/mol. The third kappa shape index (κ3) is 3.46. The molecule has 1 N–H and O–H groups in total. The van der Waals surface area contributed by atoms with Crippen molar-refractivity contribution in [1.82, 2.24) is 0 Å². The summed E-state index contributed by atoms with van der Waals surface area (Å²) in [6.07, 6.45) is 0.551. The summed E-state index contributed by atoms with van der Waals surface area (Å²) < 4.78 is 0. The van der Waals surface area contributed by atoms with Crippen molar-refractivity contribution >= 4 is 0 Å². The van der Waals surface area contributed by atoms with Crippen LogP contribution in [0.15, 0.2) is 5.11 Å². The lowest BCUT2D eigenvalue weighted by molar-refractivity contribution is 0.171. The molecule has 0 bridgehead atoms. The summed E-state index contributed by atoms with van der Waals surface area (Å²) in [6, 6.07) is 0. The van der Waals surface area contributed by atoms with Crippen molar-refractivity contribution in [3.05, 3.63) is 10.4 Å². The first-order valence-corrected chi connectivity index (χ1v) is 2.53. The molecule has 4 heteroatoms. The molecule has 0 heterocycles. The number of azide groups is 1. The number of aliphatic hydroxyl groups excluding tert-OH is 1. The summed E-state index contributed by atoms with van der Waals surface area (Å²) in [5.41, 5.74) is 7.76. The van der Waals surface area contributed by atoms with Crippen LogP contribution in [-0.4, -0.2) is 11.3 Å². The highest BCUT2D eigenvalue weighted by Gasteiger charge is 1.94. The molecule has 4 nitrogen and oxygen atoms in total.